The van der Waals surface area contributed by atoms with E-state index >= 15 is 0 Å². The van der Waals surface area contributed by atoms with Crippen LogP contribution in [0.1, 0.15) is 39.0 Å². The molecule has 3 rings (SSSR count). The molecule has 0 saturated heterocycles. The lowest BCUT2D eigenvalue weighted by molar-refractivity contribution is -0.122. The van der Waals surface area contributed by atoms with Gasteiger partial charge < -0.3 is 10.2 Å². The zero-order valence-corrected chi connectivity index (χ0v) is 12.1. The van der Waals surface area contributed by atoms with Gasteiger partial charge >= 0.3 is 0 Å². The van der Waals surface area contributed by atoms with Crippen molar-refractivity contribution in [2.75, 3.05) is 10.2 Å². The van der Waals surface area contributed by atoms with Crippen LogP contribution in [0.3, 0.4) is 0 Å². The number of rotatable bonds is 4. The van der Waals surface area contributed by atoms with E-state index in [9.17, 15) is 14.0 Å². The Morgan fingerprint density at radius 1 is 1.24 bits per heavy atom. The number of hydrogen-bond acceptors (Lipinski definition) is 2. The Morgan fingerprint density at radius 2 is 1.95 bits per heavy atom. The normalized spacial score (nSPS) is 18.0. The molecule has 112 valence electrons. The summed E-state index contributed by atoms with van der Waals surface area (Å²) in [7, 11) is 0. The highest BCUT2D eigenvalue weighted by Crippen LogP contribution is 2.37. The number of halogens is 1. The largest absolute Gasteiger partial charge is 0.324 e. The van der Waals surface area contributed by atoms with Gasteiger partial charge in [-0.1, -0.05) is 6.42 Å². The summed E-state index contributed by atoms with van der Waals surface area (Å²) in [5, 5.41) is 2.80. The Morgan fingerprint density at radius 3 is 2.48 bits per heavy atom. The first-order valence-electron chi connectivity index (χ1n) is 7.46. The van der Waals surface area contributed by atoms with E-state index in [1.54, 1.807) is 11.0 Å². The Bertz CT molecular complexity index is 580. The summed E-state index contributed by atoms with van der Waals surface area (Å²) in [6.45, 7) is 1.50. The van der Waals surface area contributed by atoms with E-state index in [1.165, 1.54) is 19.1 Å². The van der Waals surface area contributed by atoms with Crippen LogP contribution in [0.5, 0.6) is 0 Å². The maximum atomic E-state index is 13.5. The molecule has 0 bridgehead atoms. The van der Waals surface area contributed by atoms with Crippen molar-refractivity contribution < 1.29 is 14.0 Å². The van der Waals surface area contributed by atoms with Crippen molar-refractivity contribution in [2.24, 2.45) is 5.92 Å². The molecule has 21 heavy (non-hydrogen) atoms. The molecule has 0 aromatic heterocycles. The third kappa shape index (κ3) is 2.91. The van der Waals surface area contributed by atoms with Gasteiger partial charge in [0.15, 0.2) is 0 Å². The smallest absolute Gasteiger partial charge is 0.227 e. The summed E-state index contributed by atoms with van der Waals surface area (Å²) < 4.78 is 13.5. The fourth-order valence-electron chi connectivity index (χ4n) is 2.68. The molecule has 1 aromatic carbocycles. The predicted molar refractivity (Wildman–Crippen MR) is 78.6 cm³/mol. The number of carbonyl (C=O) groups excluding carboxylic acids is 2. The number of anilines is 2. The molecule has 0 unspecified atom stereocenters. The van der Waals surface area contributed by atoms with Gasteiger partial charge in [0.2, 0.25) is 11.8 Å². The van der Waals surface area contributed by atoms with Gasteiger partial charge in [0.05, 0.1) is 11.4 Å². The second-order valence-electron chi connectivity index (χ2n) is 5.90. The van der Waals surface area contributed by atoms with Gasteiger partial charge in [0, 0.05) is 18.9 Å². The molecule has 2 aliphatic rings. The number of hydrogen-bond donors (Lipinski definition) is 1. The number of nitrogens with zero attached hydrogens (tertiary/aromatic N) is 1. The van der Waals surface area contributed by atoms with E-state index < -0.39 is 5.82 Å². The monoisotopic (exact) mass is 290 g/mol. The van der Waals surface area contributed by atoms with E-state index in [4.69, 9.17) is 0 Å². The highest BCUT2D eigenvalue weighted by molar-refractivity contribution is 6.01. The van der Waals surface area contributed by atoms with E-state index in [0.29, 0.717) is 11.4 Å². The molecule has 0 spiro atoms. The lowest BCUT2D eigenvalue weighted by Crippen LogP contribution is -2.33. The van der Waals surface area contributed by atoms with E-state index in [2.05, 4.69) is 5.32 Å². The minimum Gasteiger partial charge on any atom is -0.324 e. The molecule has 0 heterocycles. The minimum absolute atomic E-state index is 0.0211. The van der Waals surface area contributed by atoms with Crippen LogP contribution in [-0.2, 0) is 9.59 Å². The number of benzene rings is 1. The summed E-state index contributed by atoms with van der Waals surface area (Å²) in [6, 6.07) is 4.37. The Kier molecular flexibility index (Phi) is 3.66. The highest BCUT2D eigenvalue weighted by atomic mass is 19.1. The lowest BCUT2D eigenvalue weighted by atomic mass is 9.85. The molecule has 2 saturated carbocycles. The summed E-state index contributed by atoms with van der Waals surface area (Å²) in [5.74, 6) is -0.551. The second-order valence-corrected chi connectivity index (χ2v) is 5.90. The van der Waals surface area contributed by atoms with Crippen molar-refractivity contribution in [1.82, 2.24) is 0 Å². The highest BCUT2D eigenvalue weighted by Gasteiger charge is 2.34. The van der Waals surface area contributed by atoms with Crippen LogP contribution in [0, 0.1) is 11.7 Å². The first kappa shape index (κ1) is 14.0. The van der Waals surface area contributed by atoms with E-state index in [1.807, 2.05) is 0 Å². The number of carbonyl (C=O) groups is 2. The van der Waals surface area contributed by atoms with E-state index in [0.717, 1.165) is 32.1 Å². The maximum Gasteiger partial charge on any atom is 0.227 e. The molecule has 2 amide bonds. The quantitative estimate of drug-likeness (QED) is 0.926. The van der Waals surface area contributed by atoms with Gasteiger partial charge in [0.25, 0.3) is 0 Å². The molecule has 1 N–H and O–H groups in total. The van der Waals surface area contributed by atoms with Crippen LogP contribution in [-0.4, -0.2) is 17.9 Å². The van der Waals surface area contributed by atoms with Crippen LogP contribution in [0.15, 0.2) is 18.2 Å². The predicted octanol–water partition coefficient (Wildman–Crippen LogP) is 3.08. The van der Waals surface area contributed by atoms with Crippen molar-refractivity contribution in [3.63, 3.8) is 0 Å². The summed E-state index contributed by atoms with van der Waals surface area (Å²) in [5.41, 5.74) is 0.994. The first-order chi connectivity index (χ1) is 10.1. The third-order valence-electron chi connectivity index (χ3n) is 4.20. The van der Waals surface area contributed by atoms with Crippen molar-refractivity contribution >= 4 is 23.2 Å². The number of nitrogens with one attached hydrogen (secondary N) is 1. The zero-order chi connectivity index (χ0) is 15.0. The fraction of sp³-hybridized carbons (Fsp3) is 0.500. The van der Waals surface area contributed by atoms with Crippen molar-refractivity contribution in [2.45, 2.75) is 45.1 Å². The average molecular weight is 290 g/mol. The Balaban J connectivity index is 1.88. The van der Waals surface area contributed by atoms with Crippen LogP contribution in [0.25, 0.3) is 0 Å². The van der Waals surface area contributed by atoms with Crippen molar-refractivity contribution in [1.29, 1.82) is 0 Å². The molecule has 0 atom stereocenters. The molecular formula is C16H19FN2O2. The standard InChI is InChI=1S/C16H19FN2O2/c1-10(20)19(13-6-7-13)15-8-5-12(17)9-14(15)18-16(21)11-3-2-4-11/h5,8-9,11,13H,2-4,6-7H2,1H3,(H,18,21). The third-order valence-corrected chi connectivity index (χ3v) is 4.20. The van der Waals surface area contributed by atoms with Crippen LogP contribution in [0.4, 0.5) is 15.8 Å². The van der Waals surface area contributed by atoms with Crippen molar-refractivity contribution in [3.8, 4) is 0 Å². The fourth-order valence-corrected chi connectivity index (χ4v) is 2.68. The van der Waals surface area contributed by atoms with Gasteiger partial charge in [-0.15, -0.1) is 0 Å². The van der Waals surface area contributed by atoms with Gasteiger partial charge in [-0.25, -0.2) is 4.39 Å². The van der Waals surface area contributed by atoms with Gasteiger partial charge in [-0.3, -0.25) is 9.59 Å². The van der Waals surface area contributed by atoms with Gasteiger partial charge in [-0.05, 0) is 43.9 Å². The Hall–Kier alpha value is -1.91. The summed E-state index contributed by atoms with van der Waals surface area (Å²) >= 11 is 0. The molecule has 0 radical (unpaired) electrons. The molecule has 2 aliphatic carbocycles. The van der Waals surface area contributed by atoms with Crippen LogP contribution in [0.2, 0.25) is 0 Å². The van der Waals surface area contributed by atoms with E-state index in [-0.39, 0.29) is 23.8 Å². The molecule has 0 aliphatic heterocycles. The molecule has 1 aromatic rings. The molecule has 4 nitrogen and oxygen atoms in total. The summed E-state index contributed by atoms with van der Waals surface area (Å²) in [4.78, 5) is 25.6. The average Bonchev–Trinajstić information content (AvgIpc) is 3.14. The lowest BCUT2D eigenvalue weighted by Gasteiger charge is -2.27. The Labute approximate surface area is 123 Å². The second kappa shape index (κ2) is 5.47. The molecule has 5 heteroatoms. The molecule has 2 fully saturated rings. The maximum absolute atomic E-state index is 13.5. The SMILES string of the molecule is CC(=O)N(c1ccc(F)cc1NC(=O)C1CCC1)C1CC1. The topological polar surface area (TPSA) is 49.4 Å². The van der Waals surface area contributed by atoms with Crippen LogP contribution < -0.4 is 10.2 Å². The minimum atomic E-state index is -0.415. The number of amides is 2. The first-order valence-corrected chi connectivity index (χ1v) is 7.46. The zero-order valence-electron chi connectivity index (χ0n) is 12.1. The van der Waals surface area contributed by atoms with Crippen molar-refractivity contribution in [3.05, 3.63) is 24.0 Å². The molecular weight excluding hydrogens is 271 g/mol. The van der Waals surface area contributed by atoms with Gasteiger partial charge in [-0.2, -0.15) is 0 Å². The van der Waals surface area contributed by atoms with Gasteiger partial charge in [0.1, 0.15) is 5.82 Å². The van der Waals surface area contributed by atoms with Crippen LogP contribution >= 0.6 is 0 Å². The summed E-state index contributed by atoms with van der Waals surface area (Å²) in [6.07, 6.45) is 4.74.